The summed E-state index contributed by atoms with van der Waals surface area (Å²) in [6.07, 6.45) is 20.2. The molecule has 3 aliphatic heterocycles. The molecule has 11 heteroatoms. The molecule has 5 aromatic rings. The van der Waals surface area contributed by atoms with Gasteiger partial charge in [-0.3, -0.25) is 9.59 Å². The van der Waals surface area contributed by atoms with E-state index in [1.165, 1.54) is 0 Å². The lowest BCUT2D eigenvalue weighted by Gasteiger charge is -2.38. The van der Waals surface area contributed by atoms with Gasteiger partial charge in [-0.25, -0.2) is 0 Å². The molecule has 11 nitrogen and oxygen atoms in total. The number of benzene rings is 3. The summed E-state index contributed by atoms with van der Waals surface area (Å²) < 4.78 is 6.54. The van der Waals surface area contributed by atoms with Crippen LogP contribution in [0.15, 0.2) is 96.9 Å². The quantitative estimate of drug-likeness (QED) is 0.0428. The van der Waals surface area contributed by atoms with Crippen LogP contribution in [0.5, 0.6) is 17.2 Å². The highest BCUT2D eigenvalue weighted by atomic mass is 16.5. The van der Waals surface area contributed by atoms with Crippen molar-refractivity contribution in [2.24, 2.45) is 23.7 Å². The van der Waals surface area contributed by atoms with Crippen LogP contribution in [-0.4, -0.2) is 80.4 Å². The fourth-order valence-electron chi connectivity index (χ4n) is 12.7. The minimum Gasteiger partial charge on any atom is -0.507 e. The van der Waals surface area contributed by atoms with Crippen LogP contribution in [0.3, 0.4) is 0 Å². The van der Waals surface area contributed by atoms with Crippen LogP contribution < -0.4 is 15.4 Å². The summed E-state index contributed by atoms with van der Waals surface area (Å²) in [5, 5.41) is 53.2. The summed E-state index contributed by atoms with van der Waals surface area (Å²) in [6, 6.07) is 19.2. The maximum atomic E-state index is 16.0. The fraction of sp³-hybridized carbons (Fsp3) is 0.400. The molecular formula is C60H64N4O7. The van der Waals surface area contributed by atoms with Crippen molar-refractivity contribution in [2.45, 2.75) is 107 Å². The van der Waals surface area contributed by atoms with E-state index >= 15 is 4.79 Å². The number of hydrogen-bond donors (Lipinski definition) is 8. The number of aliphatic hydroxyl groups excluding tert-OH is 2. The van der Waals surface area contributed by atoms with E-state index in [1.807, 2.05) is 55.9 Å². The number of aromatic nitrogens is 2. The van der Waals surface area contributed by atoms with Crippen molar-refractivity contribution in [1.29, 1.82) is 0 Å². The SMILES string of the molecule is CNC[C@H]1C#C[C@H]2Nc3[nH]ccc3[C@@H]3C=C[C@H](c4ccc(cc43)Cc3cc(cc(OC4CCCC4)c3O)CCC(=O)[C@@H](CCO)C(=O)[C@@H]3C2=Cc2[nH]ccc2[C@H]3C[C@@H]2C=Cc3c(O)cccc3CC2)[C@@H]1O. The Labute approximate surface area is 415 Å². The van der Waals surface area contributed by atoms with Crippen molar-refractivity contribution in [3.05, 3.63) is 153 Å². The first kappa shape index (κ1) is 46.8. The van der Waals surface area contributed by atoms with Gasteiger partial charge in [-0.2, -0.15) is 0 Å². The minimum absolute atomic E-state index is 0.0140. The Kier molecular flexibility index (Phi) is 13.1. The monoisotopic (exact) mass is 952 g/mol. The molecular weight excluding hydrogens is 889 g/mol. The zero-order valence-electron chi connectivity index (χ0n) is 40.3. The zero-order valence-corrected chi connectivity index (χ0v) is 40.3. The third kappa shape index (κ3) is 9.07. The third-order valence-corrected chi connectivity index (χ3v) is 16.4. The number of aromatic amines is 2. The molecule has 366 valence electrons. The molecule has 0 unspecified atom stereocenters. The van der Waals surface area contributed by atoms with E-state index < -0.39 is 29.9 Å². The molecule has 0 saturated heterocycles. The normalized spacial score (nSPS) is 26.9. The molecule has 8 N–H and O–H groups in total. The number of Topliss-reactive ketones (excluding diaryl/α,β-unsaturated/α-hetero) is 2. The van der Waals surface area contributed by atoms with E-state index in [0.29, 0.717) is 42.7 Å². The molecule has 9 atom stereocenters. The lowest BCUT2D eigenvalue weighted by atomic mass is 9.66. The lowest BCUT2D eigenvalue weighted by molar-refractivity contribution is -0.135. The van der Waals surface area contributed by atoms with E-state index in [2.05, 4.69) is 81.0 Å². The maximum absolute atomic E-state index is 16.0. The second-order valence-electron chi connectivity index (χ2n) is 20.7. The summed E-state index contributed by atoms with van der Waals surface area (Å²) in [7, 11) is 1.86. The van der Waals surface area contributed by atoms with Crippen LogP contribution in [0.4, 0.5) is 5.82 Å². The predicted molar refractivity (Wildman–Crippen MR) is 275 cm³/mol. The number of ketones is 2. The highest BCUT2D eigenvalue weighted by Crippen LogP contribution is 2.49. The molecule has 5 heterocycles. The third-order valence-electron chi connectivity index (χ3n) is 16.4. The van der Waals surface area contributed by atoms with Gasteiger partial charge in [0.05, 0.1) is 24.0 Å². The average molecular weight is 953 g/mol. The van der Waals surface area contributed by atoms with Gasteiger partial charge >= 0.3 is 0 Å². The van der Waals surface area contributed by atoms with Gasteiger partial charge in [0.2, 0.25) is 0 Å². The molecule has 2 aromatic heterocycles. The van der Waals surface area contributed by atoms with Crippen LogP contribution in [-0.2, 0) is 28.9 Å². The smallest absolute Gasteiger partial charge is 0.161 e. The second kappa shape index (κ2) is 19.9. The number of hydrogen-bond acceptors (Lipinski definition) is 9. The summed E-state index contributed by atoms with van der Waals surface area (Å²) in [5.74, 6) is 4.67. The Morgan fingerprint density at radius 1 is 0.831 bits per heavy atom. The Hall–Kier alpha value is -6.58. The van der Waals surface area contributed by atoms with Crippen LogP contribution in [0.1, 0.15) is 125 Å². The Bertz CT molecular complexity index is 3000. The maximum Gasteiger partial charge on any atom is 0.161 e. The van der Waals surface area contributed by atoms with Gasteiger partial charge in [0.15, 0.2) is 17.3 Å². The number of fused-ring (bicyclic) bond motifs is 8. The van der Waals surface area contributed by atoms with Crippen LogP contribution in [0, 0.1) is 35.5 Å². The van der Waals surface area contributed by atoms with E-state index in [-0.39, 0.29) is 72.3 Å². The van der Waals surface area contributed by atoms with E-state index in [0.717, 1.165) is 94.5 Å². The van der Waals surface area contributed by atoms with Gasteiger partial charge in [-0.1, -0.05) is 72.5 Å². The molecule has 3 aromatic carbocycles. The summed E-state index contributed by atoms with van der Waals surface area (Å²) >= 11 is 0. The Balaban J connectivity index is 1.09. The van der Waals surface area contributed by atoms with Crippen molar-refractivity contribution < 1.29 is 34.8 Å². The number of rotatable bonds is 8. The molecule has 0 amide bonds. The van der Waals surface area contributed by atoms with E-state index in [9.17, 15) is 25.2 Å². The molecule has 7 bridgehead atoms. The van der Waals surface area contributed by atoms with Gasteiger partial charge < -0.3 is 45.8 Å². The Morgan fingerprint density at radius 3 is 2.52 bits per heavy atom. The predicted octanol–water partition coefficient (Wildman–Crippen LogP) is 8.99. The number of carbonyl (C=O) groups excluding carboxylic acids is 2. The summed E-state index contributed by atoms with van der Waals surface area (Å²) in [6.45, 7) is 0.0534. The number of anilines is 1. The van der Waals surface area contributed by atoms with Gasteiger partial charge in [0.25, 0.3) is 0 Å². The van der Waals surface area contributed by atoms with Crippen molar-refractivity contribution in [2.75, 3.05) is 25.5 Å². The zero-order chi connectivity index (χ0) is 48.8. The van der Waals surface area contributed by atoms with Crippen molar-refractivity contribution in [1.82, 2.24) is 15.3 Å². The highest BCUT2D eigenvalue weighted by Gasteiger charge is 2.45. The van der Waals surface area contributed by atoms with Crippen molar-refractivity contribution in [3.63, 3.8) is 0 Å². The molecule has 0 radical (unpaired) electrons. The number of phenols is 2. The standard InChI is InChI=1S/C60H64N4O7/c1-61-33-38-14-19-51-50-32-52-44(21-24-62-52)49(29-34-9-13-37-5-4-8-53(66)41(37)15-10-34)56(50)59(70)47(23-26-65)54(67)20-12-36-28-39(58(69)55(31-36)71-40-6-2-3-7-40)27-35-11-16-42-45(57(38)68)18-17-43(48(42)30-35)46-22-25-63-60(46)64-51/h4-5,8,10-11,15-18,21-22,24-25,28,30-32,34,38,40,43,45,47,49,51,56-57,61-66,68-69H,2-3,6-7,9,12-13,20,23,26-27,29,33H2,1H3/t34-,38+,43-,45+,47+,49+,51+,56-,57+/m0/s1. The van der Waals surface area contributed by atoms with E-state index in [1.54, 1.807) is 6.07 Å². The molecule has 1 saturated carbocycles. The first-order valence-corrected chi connectivity index (χ1v) is 25.8. The van der Waals surface area contributed by atoms with Crippen LogP contribution >= 0.6 is 0 Å². The summed E-state index contributed by atoms with van der Waals surface area (Å²) in [5.41, 5.74) is 9.96. The average Bonchev–Trinajstić information content (AvgIpc) is 4.15. The molecule has 1 fully saturated rings. The van der Waals surface area contributed by atoms with Gasteiger partial charge in [0, 0.05) is 84.4 Å². The number of aliphatic hydroxyl groups is 2. The number of ether oxygens (including phenoxy) is 1. The molecule has 12 rings (SSSR count). The fourth-order valence-corrected chi connectivity index (χ4v) is 12.7. The topological polar surface area (TPSA) is 180 Å². The number of aromatic hydroxyl groups is 2. The largest absolute Gasteiger partial charge is 0.507 e. The number of H-pyrrole nitrogens is 2. The first-order chi connectivity index (χ1) is 34.6. The minimum atomic E-state index is -1.12. The van der Waals surface area contributed by atoms with Crippen LogP contribution in [0.25, 0.3) is 12.2 Å². The first-order valence-electron chi connectivity index (χ1n) is 25.8. The van der Waals surface area contributed by atoms with Crippen LogP contribution in [0.2, 0.25) is 0 Å². The molecule has 71 heavy (non-hydrogen) atoms. The number of phenolic OH excluding ortho intramolecular Hbond substituents is 2. The van der Waals surface area contributed by atoms with Crippen molar-refractivity contribution >= 4 is 29.5 Å². The second-order valence-corrected chi connectivity index (χ2v) is 20.7. The van der Waals surface area contributed by atoms with Gasteiger partial charge in [0.1, 0.15) is 23.4 Å². The molecule has 4 aliphatic carbocycles. The number of carbonyl (C=O) groups is 2. The molecule has 0 spiro atoms. The lowest BCUT2D eigenvalue weighted by Crippen LogP contribution is -2.41. The number of nitrogens with one attached hydrogen (secondary N) is 4. The molecule has 7 aliphatic rings. The highest BCUT2D eigenvalue weighted by molar-refractivity contribution is 6.05. The number of allylic oxidation sites excluding steroid dienone is 2. The van der Waals surface area contributed by atoms with Gasteiger partial charge in [-0.15, -0.1) is 0 Å². The van der Waals surface area contributed by atoms with Crippen molar-refractivity contribution in [3.8, 4) is 29.1 Å². The van der Waals surface area contributed by atoms with E-state index in [4.69, 9.17) is 4.74 Å². The van der Waals surface area contributed by atoms with Gasteiger partial charge in [-0.05, 0) is 140 Å². The Morgan fingerprint density at radius 2 is 1.68 bits per heavy atom. The number of aryl methyl sites for hydroxylation is 2. The summed E-state index contributed by atoms with van der Waals surface area (Å²) in [4.78, 5) is 38.0.